The van der Waals surface area contributed by atoms with Crippen LogP contribution in [0.15, 0.2) is 11.6 Å². The van der Waals surface area contributed by atoms with Crippen LogP contribution in [0.4, 0.5) is 0 Å². The second kappa shape index (κ2) is 2.88. The van der Waals surface area contributed by atoms with Gasteiger partial charge in [0.05, 0.1) is 0 Å². The Morgan fingerprint density at radius 2 is 2.13 bits per heavy atom. The molecule has 1 N–H and O–H groups in total. The molecule has 4 rings (SSSR count). The van der Waals surface area contributed by atoms with E-state index >= 15 is 0 Å². The van der Waals surface area contributed by atoms with Crippen molar-refractivity contribution in [3.63, 3.8) is 0 Å². The normalized spacial score (nSPS) is 39.3. The number of hydrogen-bond acceptors (Lipinski definition) is 1. The van der Waals surface area contributed by atoms with Gasteiger partial charge in [0.1, 0.15) is 0 Å². The zero-order valence-corrected chi connectivity index (χ0v) is 10.3. The molecule has 2 atom stereocenters. The van der Waals surface area contributed by atoms with Gasteiger partial charge in [-0.25, -0.2) is 0 Å². The van der Waals surface area contributed by atoms with Crippen molar-refractivity contribution in [2.45, 2.75) is 51.5 Å². The van der Waals surface area contributed by atoms with Gasteiger partial charge in [0, 0.05) is 5.54 Å². The van der Waals surface area contributed by atoms with Gasteiger partial charge in [0.2, 0.25) is 0 Å². The predicted octanol–water partition coefficient (Wildman–Crippen LogP) is 3.12. The molecule has 0 aromatic rings. The van der Waals surface area contributed by atoms with E-state index in [9.17, 15) is 0 Å². The highest BCUT2D eigenvalue weighted by Gasteiger charge is 2.53. The third-order valence-corrected chi connectivity index (χ3v) is 5.51. The van der Waals surface area contributed by atoms with Crippen LogP contribution in [0.25, 0.3) is 0 Å². The summed E-state index contributed by atoms with van der Waals surface area (Å²) in [6.45, 7) is 4.94. The van der Waals surface area contributed by atoms with Crippen molar-refractivity contribution in [2.24, 2.45) is 17.3 Å². The standard InChI is InChI=1S/C14H23N/c1-13(2)11-5-4-10(12(13)8-11)9-14(15-3)6-7-14/h4,11-12,15H,5-9H2,1-3H3. The highest BCUT2D eigenvalue weighted by atomic mass is 15.0. The lowest BCUT2D eigenvalue weighted by atomic mass is 9.48. The van der Waals surface area contributed by atoms with Gasteiger partial charge in [-0.15, -0.1) is 0 Å². The van der Waals surface area contributed by atoms with Gasteiger partial charge >= 0.3 is 0 Å². The van der Waals surface area contributed by atoms with Gasteiger partial charge in [0.25, 0.3) is 0 Å². The fourth-order valence-electron chi connectivity index (χ4n) is 3.73. The zero-order chi connectivity index (χ0) is 10.7. The summed E-state index contributed by atoms with van der Waals surface area (Å²) >= 11 is 0. The third-order valence-electron chi connectivity index (χ3n) is 5.51. The number of rotatable bonds is 3. The summed E-state index contributed by atoms with van der Waals surface area (Å²) in [4.78, 5) is 0. The smallest absolute Gasteiger partial charge is 0.0217 e. The summed E-state index contributed by atoms with van der Waals surface area (Å²) in [6, 6.07) is 0. The van der Waals surface area contributed by atoms with Gasteiger partial charge in [0.15, 0.2) is 0 Å². The van der Waals surface area contributed by atoms with Gasteiger partial charge in [-0.1, -0.05) is 25.5 Å². The summed E-state index contributed by atoms with van der Waals surface area (Å²) in [5.74, 6) is 1.89. The molecule has 2 fully saturated rings. The molecule has 4 aliphatic rings. The molecule has 0 aromatic heterocycles. The van der Waals surface area contributed by atoms with Gasteiger partial charge in [-0.05, 0) is 56.4 Å². The maximum atomic E-state index is 3.52. The molecule has 2 bridgehead atoms. The Kier molecular flexibility index (Phi) is 1.90. The fourth-order valence-corrected chi connectivity index (χ4v) is 3.73. The summed E-state index contributed by atoms with van der Waals surface area (Å²) in [7, 11) is 2.13. The number of fused-ring (bicyclic) bond motifs is 1. The summed E-state index contributed by atoms with van der Waals surface area (Å²) in [6.07, 6.45) is 9.47. The lowest BCUT2D eigenvalue weighted by Gasteiger charge is -2.57. The second-order valence-corrected chi connectivity index (χ2v) is 6.53. The summed E-state index contributed by atoms with van der Waals surface area (Å²) in [5.41, 5.74) is 2.88. The monoisotopic (exact) mass is 205 g/mol. The van der Waals surface area contributed by atoms with Crippen LogP contribution < -0.4 is 5.32 Å². The first-order valence-corrected chi connectivity index (χ1v) is 6.45. The molecule has 84 valence electrons. The molecule has 2 saturated carbocycles. The maximum Gasteiger partial charge on any atom is 0.0217 e. The molecule has 1 nitrogen and oxygen atoms in total. The molecular weight excluding hydrogens is 182 g/mol. The minimum Gasteiger partial charge on any atom is -0.314 e. The average molecular weight is 205 g/mol. The SMILES string of the molecule is CNC1(CC2=CCC3CC2C3(C)C)CC1. The minimum atomic E-state index is 0.504. The van der Waals surface area contributed by atoms with E-state index in [0.29, 0.717) is 11.0 Å². The van der Waals surface area contributed by atoms with Gasteiger partial charge in [-0.3, -0.25) is 0 Å². The van der Waals surface area contributed by atoms with Crippen LogP contribution in [-0.2, 0) is 0 Å². The Hall–Kier alpha value is -0.300. The van der Waals surface area contributed by atoms with Crippen LogP contribution in [0.1, 0.15) is 46.0 Å². The molecule has 0 aromatic carbocycles. The van der Waals surface area contributed by atoms with E-state index in [2.05, 4.69) is 32.3 Å². The van der Waals surface area contributed by atoms with E-state index in [1.165, 1.54) is 32.1 Å². The van der Waals surface area contributed by atoms with E-state index in [-0.39, 0.29) is 0 Å². The first kappa shape index (κ1) is 9.89. The molecule has 0 amide bonds. The van der Waals surface area contributed by atoms with Crippen LogP contribution in [-0.4, -0.2) is 12.6 Å². The number of allylic oxidation sites excluding steroid dienone is 1. The predicted molar refractivity (Wildman–Crippen MR) is 63.7 cm³/mol. The average Bonchev–Trinajstić information content (AvgIpc) is 2.98. The van der Waals surface area contributed by atoms with Crippen LogP contribution in [0.5, 0.6) is 0 Å². The first-order valence-electron chi connectivity index (χ1n) is 6.45. The highest BCUT2D eigenvalue weighted by molar-refractivity contribution is 5.27. The molecule has 2 unspecified atom stereocenters. The van der Waals surface area contributed by atoms with Crippen LogP contribution in [0.2, 0.25) is 0 Å². The van der Waals surface area contributed by atoms with E-state index in [0.717, 1.165) is 11.8 Å². The topological polar surface area (TPSA) is 12.0 Å². The van der Waals surface area contributed by atoms with Crippen molar-refractivity contribution in [3.8, 4) is 0 Å². The Balaban J connectivity index is 1.75. The van der Waals surface area contributed by atoms with Crippen molar-refractivity contribution in [2.75, 3.05) is 7.05 Å². The molecule has 0 saturated heterocycles. The molecule has 4 aliphatic carbocycles. The molecule has 15 heavy (non-hydrogen) atoms. The first-order chi connectivity index (χ1) is 7.07. The molecule has 0 aliphatic heterocycles. The fraction of sp³-hybridized carbons (Fsp3) is 0.857. The lowest BCUT2D eigenvalue weighted by Crippen LogP contribution is -2.49. The van der Waals surface area contributed by atoms with Gasteiger partial charge in [-0.2, -0.15) is 0 Å². The highest BCUT2D eigenvalue weighted by Crippen LogP contribution is 2.61. The van der Waals surface area contributed by atoms with E-state index < -0.39 is 0 Å². The maximum absolute atomic E-state index is 3.52. The summed E-state index contributed by atoms with van der Waals surface area (Å²) in [5, 5.41) is 3.52. The quantitative estimate of drug-likeness (QED) is 0.698. The Labute approximate surface area is 93.3 Å². The van der Waals surface area contributed by atoms with Crippen LogP contribution in [0.3, 0.4) is 0 Å². The molecule has 0 radical (unpaired) electrons. The lowest BCUT2D eigenvalue weighted by molar-refractivity contribution is -0.00926. The Morgan fingerprint density at radius 3 is 2.60 bits per heavy atom. The molecular formula is C14H23N. The van der Waals surface area contributed by atoms with E-state index in [1.807, 2.05) is 0 Å². The summed E-state index contributed by atoms with van der Waals surface area (Å²) < 4.78 is 0. The molecule has 0 heterocycles. The van der Waals surface area contributed by atoms with Crippen molar-refractivity contribution in [3.05, 3.63) is 11.6 Å². The van der Waals surface area contributed by atoms with Crippen LogP contribution >= 0.6 is 0 Å². The minimum absolute atomic E-state index is 0.504. The Bertz CT molecular complexity index is 309. The molecule has 1 heteroatoms. The van der Waals surface area contributed by atoms with E-state index in [1.54, 1.807) is 5.57 Å². The van der Waals surface area contributed by atoms with Crippen molar-refractivity contribution < 1.29 is 0 Å². The molecule has 0 spiro atoms. The van der Waals surface area contributed by atoms with Crippen LogP contribution in [0, 0.1) is 17.3 Å². The van der Waals surface area contributed by atoms with Crippen molar-refractivity contribution >= 4 is 0 Å². The third kappa shape index (κ3) is 1.32. The Morgan fingerprint density at radius 1 is 1.40 bits per heavy atom. The second-order valence-electron chi connectivity index (χ2n) is 6.53. The largest absolute Gasteiger partial charge is 0.314 e. The van der Waals surface area contributed by atoms with Gasteiger partial charge < -0.3 is 5.32 Å². The number of nitrogens with one attached hydrogen (secondary N) is 1. The van der Waals surface area contributed by atoms with E-state index in [4.69, 9.17) is 0 Å². The van der Waals surface area contributed by atoms with Crippen molar-refractivity contribution in [1.82, 2.24) is 5.32 Å². The zero-order valence-electron chi connectivity index (χ0n) is 10.3. The van der Waals surface area contributed by atoms with Crippen molar-refractivity contribution in [1.29, 1.82) is 0 Å². The number of hydrogen-bond donors (Lipinski definition) is 1.